The molecule has 0 bridgehead atoms. The van der Waals surface area contributed by atoms with E-state index in [1.54, 1.807) is 52.2 Å². The van der Waals surface area contributed by atoms with Gasteiger partial charge in [0.15, 0.2) is 6.61 Å². The fourth-order valence-electron chi connectivity index (χ4n) is 1.40. The fraction of sp³-hybridized carbons (Fsp3) is 0.467. The van der Waals surface area contributed by atoms with E-state index in [1.165, 1.54) is 4.90 Å². The van der Waals surface area contributed by atoms with Gasteiger partial charge in [-0.05, 0) is 31.2 Å². The maximum absolute atomic E-state index is 11.9. The Balaban J connectivity index is 0.00000441. The van der Waals surface area contributed by atoms with Gasteiger partial charge < -0.3 is 20.7 Å². The quantitative estimate of drug-likeness (QED) is 0.828. The summed E-state index contributed by atoms with van der Waals surface area (Å²) < 4.78 is 5.35. The second-order valence-corrected chi connectivity index (χ2v) is 5.24. The summed E-state index contributed by atoms with van der Waals surface area (Å²) in [6.07, 6.45) is 0. The molecule has 0 aliphatic rings. The summed E-state index contributed by atoms with van der Waals surface area (Å²) in [5.74, 6) is 0.0710. The van der Waals surface area contributed by atoms with Crippen LogP contribution in [0.3, 0.4) is 0 Å². The Morgan fingerprint density at radius 1 is 1.23 bits per heavy atom. The fourth-order valence-corrected chi connectivity index (χ4v) is 1.40. The average molecular weight is 330 g/mol. The molecule has 3 N–H and O–H groups in total. The Labute approximate surface area is 137 Å². The molecule has 2 atom stereocenters. The molecule has 2 unspecified atom stereocenters. The van der Waals surface area contributed by atoms with Gasteiger partial charge in [-0.15, -0.1) is 12.4 Å². The van der Waals surface area contributed by atoms with Crippen LogP contribution in [0.5, 0.6) is 5.75 Å². The van der Waals surface area contributed by atoms with E-state index in [0.29, 0.717) is 11.4 Å². The van der Waals surface area contributed by atoms with Crippen molar-refractivity contribution in [2.45, 2.75) is 19.9 Å². The summed E-state index contributed by atoms with van der Waals surface area (Å²) in [6.45, 7) is 3.56. The summed E-state index contributed by atoms with van der Waals surface area (Å²) >= 11 is 0. The van der Waals surface area contributed by atoms with Crippen molar-refractivity contribution in [3.8, 4) is 5.75 Å². The molecule has 6 nitrogen and oxygen atoms in total. The van der Waals surface area contributed by atoms with Gasteiger partial charge in [0, 0.05) is 25.8 Å². The van der Waals surface area contributed by atoms with Crippen LogP contribution < -0.4 is 15.8 Å². The number of carbonyl (C=O) groups is 2. The Hall–Kier alpha value is -1.79. The van der Waals surface area contributed by atoms with Crippen LogP contribution in [0.1, 0.15) is 13.8 Å². The van der Waals surface area contributed by atoms with Gasteiger partial charge in [-0.25, -0.2) is 0 Å². The molecule has 0 fully saturated rings. The zero-order chi connectivity index (χ0) is 16.0. The van der Waals surface area contributed by atoms with E-state index in [0.717, 1.165) is 0 Å². The lowest BCUT2D eigenvalue weighted by Gasteiger charge is -2.15. The predicted molar refractivity (Wildman–Crippen MR) is 89.3 cm³/mol. The van der Waals surface area contributed by atoms with E-state index in [1.807, 2.05) is 0 Å². The number of ether oxygens (including phenoxy) is 1. The van der Waals surface area contributed by atoms with Gasteiger partial charge in [0.1, 0.15) is 5.75 Å². The van der Waals surface area contributed by atoms with Crippen molar-refractivity contribution < 1.29 is 14.3 Å². The number of rotatable bonds is 6. The number of anilines is 1. The maximum atomic E-state index is 11.9. The highest BCUT2D eigenvalue weighted by molar-refractivity contribution is 5.92. The first-order valence-electron chi connectivity index (χ1n) is 6.80. The molecule has 0 radical (unpaired) electrons. The average Bonchev–Trinajstić information content (AvgIpc) is 2.44. The van der Waals surface area contributed by atoms with Gasteiger partial charge in [0.2, 0.25) is 5.91 Å². The number of nitrogens with two attached hydrogens (primary N) is 1. The molecule has 1 aromatic rings. The summed E-state index contributed by atoms with van der Waals surface area (Å²) in [4.78, 5) is 24.7. The molecule has 0 heterocycles. The highest BCUT2D eigenvalue weighted by atomic mass is 35.5. The van der Waals surface area contributed by atoms with Crippen LogP contribution >= 0.6 is 12.4 Å². The van der Waals surface area contributed by atoms with Gasteiger partial charge >= 0.3 is 0 Å². The van der Waals surface area contributed by atoms with Gasteiger partial charge in [0.25, 0.3) is 5.91 Å². The van der Waals surface area contributed by atoms with Crippen molar-refractivity contribution in [3.05, 3.63) is 24.3 Å². The van der Waals surface area contributed by atoms with Crippen molar-refractivity contribution in [2.24, 2.45) is 11.7 Å². The van der Waals surface area contributed by atoms with Gasteiger partial charge in [-0.2, -0.15) is 0 Å². The van der Waals surface area contributed by atoms with Crippen LogP contribution in [0.4, 0.5) is 5.69 Å². The topological polar surface area (TPSA) is 84.7 Å². The minimum Gasteiger partial charge on any atom is -0.484 e. The molecule has 124 valence electrons. The van der Waals surface area contributed by atoms with Crippen molar-refractivity contribution in [1.29, 1.82) is 0 Å². The largest absolute Gasteiger partial charge is 0.484 e. The first-order valence-corrected chi connectivity index (χ1v) is 6.80. The molecule has 0 aliphatic carbocycles. The minimum absolute atomic E-state index is 0. The third kappa shape index (κ3) is 6.32. The summed E-state index contributed by atoms with van der Waals surface area (Å²) in [7, 11) is 3.34. The van der Waals surface area contributed by atoms with E-state index in [4.69, 9.17) is 10.5 Å². The Bertz CT molecular complexity index is 489. The molecule has 1 aromatic carbocycles. The zero-order valence-electron chi connectivity index (χ0n) is 13.3. The number of halogens is 1. The molecular weight excluding hydrogens is 306 g/mol. The second kappa shape index (κ2) is 9.27. The number of benzene rings is 1. The molecule has 0 aliphatic heterocycles. The number of hydrogen-bond donors (Lipinski definition) is 2. The molecule has 0 saturated heterocycles. The lowest BCUT2D eigenvalue weighted by molar-refractivity contribution is -0.130. The SMILES string of the molecule is CC(N)C(C)C(=O)Nc1ccc(OCC(=O)N(C)C)cc1.Cl. The standard InChI is InChI=1S/C15H23N3O3.ClH/c1-10(11(2)16)15(20)17-12-5-7-13(8-6-12)21-9-14(19)18(3)4;/h5-8,10-11H,9,16H2,1-4H3,(H,17,20);1H. The molecule has 22 heavy (non-hydrogen) atoms. The molecule has 0 spiro atoms. The van der Waals surface area contributed by atoms with Crippen LogP contribution in [0, 0.1) is 5.92 Å². The van der Waals surface area contributed by atoms with Crippen LogP contribution in [-0.4, -0.2) is 43.5 Å². The van der Waals surface area contributed by atoms with E-state index in [-0.39, 0.29) is 42.8 Å². The second-order valence-electron chi connectivity index (χ2n) is 5.24. The van der Waals surface area contributed by atoms with Crippen molar-refractivity contribution in [3.63, 3.8) is 0 Å². The highest BCUT2D eigenvalue weighted by Crippen LogP contribution is 2.16. The van der Waals surface area contributed by atoms with Crippen LogP contribution in [0.2, 0.25) is 0 Å². The number of carbonyl (C=O) groups excluding carboxylic acids is 2. The highest BCUT2D eigenvalue weighted by Gasteiger charge is 2.16. The third-order valence-corrected chi connectivity index (χ3v) is 3.19. The number of likely N-dealkylation sites (N-methyl/N-ethyl adjacent to an activating group) is 1. The van der Waals surface area contributed by atoms with Gasteiger partial charge in [0.05, 0.1) is 5.92 Å². The van der Waals surface area contributed by atoms with E-state index in [2.05, 4.69) is 5.32 Å². The Morgan fingerprint density at radius 3 is 2.23 bits per heavy atom. The lowest BCUT2D eigenvalue weighted by atomic mass is 10.0. The Morgan fingerprint density at radius 2 is 1.77 bits per heavy atom. The predicted octanol–water partition coefficient (Wildman–Crippen LogP) is 1.50. The molecule has 0 aromatic heterocycles. The Kier molecular flexibility index (Phi) is 8.52. The third-order valence-electron chi connectivity index (χ3n) is 3.19. The summed E-state index contributed by atoms with van der Waals surface area (Å²) in [5, 5.41) is 2.78. The molecule has 0 saturated carbocycles. The van der Waals surface area contributed by atoms with Crippen molar-refractivity contribution >= 4 is 29.9 Å². The van der Waals surface area contributed by atoms with E-state index in [9.17, 15) is 9.59 Å². The normalized spacial score (nSPS) is 12.6. The molecular formula is C15H24ClN3O3. The monoisotopic (exact) mass is 329 g/mol. The number of hydrogen-bond acceptors (Lipinski definition) is 4. The molecule has 2 amide bonds. The van der Waals surface area contributed by atoms with Gasteiger partial charge in [-0.1, -0.05) is 6.92 Å². The smallest absolute Gasteiger partial charge is 0.259 e. The minimum atomic E-state index is -0.265. The first-order chi connectivity index (χ1) is 9.81. The number of nitrogens with zero attached hydrogens (tertiary/aromatic N) is 1. The maximum Gasteiger partial charge on any atom is 0.259 e. The van der Waals surface area contributed by atoms with Crippen LogP contribution in [0.25, 0.3) is 0 Å². The van der Waals surface area contributed by atoms with Crippen molar-refractivity contribution in [1.82, 2.24) is 4.90 Å². The number of nitrogens with one attached hydrogen (secondary N) is 1. The van der Waals surface area contributed by atoms with Gasteiger partial charge in [-0.3, -0.25) is 9.59 Å². The first kappa shape index (κ1) is 20.2. The van der Waals surface area contributed by atoms with Crippen LogP contribution in [0.15, 0.2) is 24.3 Å². The van der Waals surface area contributed by atoms with E-state index < -0.39 is 0 Å². The number of amides is 2. The lowest BCUT2D eigenvalue weighted by Crippen LogP contribution is -2.34. The zero-order valence-corrected chi connectivity index (χ0v) is 14.1. The summed E-state index contributed by atoms with van der Waals surface area (Å²) in [5.41, 5.74) is 6.36. The van der Waals surface area contributed by atoms with Crippen LogP contribution in [-0.2, 0) is 9.59 Å². The molecule has 1 rings (SSSR count). The molecule has 7 heteroatoms. The summed E-state index contributed by atoms with van der Waals surface area (Å²) in [6, 6.07) is 6.65. The van der Waals surface area contributed by atoms with E-state index >= 15 is 0 Å². The van der Waals surface area contributed by atoms with Crippen molar-refractivity contribution in [2.75, 3.05) is 26.0 Å².